The quantitative estimate of drug-likeness (QED) is 0.310. The lowest BCUT2D eigenvalue weighted by Gasteiger charge is -2.08. The average Bonchev–Trinajstić information content (AvgIpc) is 2.40. The Morgan fingerprint density at radius 3 is 2.25 bits per heavy atom. The standard InChI is InChI=1S/C12H19N3O7S2/c1-9-6-10(8-13-2-4-23(17,18)19)15-11(7-9)12(16)14-3-5-24(20,21)22/h6-7,13H,2-5,8H2,1H3,(H,14,16)(H,17,18,19)(H,20,21,22). The van der Waals surface area contributed by atoms with E-state index in [1.807, 2.05) is 0 Å². The number of rotatable bonds is 9. The number of aryl methyl sites for hydroxylation is 1. The minimum atomic E-state index is -4.16. The highest BCUT2D eigenvalue weighted by Crippen LogP contribution is 2.05. The first kappa shape index (κ1) is 20.4. The van der Waals surface area contributed by atoms with E-state index in [-0.39, 0.29) is 25.3 Å². The Bertz CT molecular complexity index is 791. The van der Waals surface area contributed by atoms with Crippen molar-refractivity contribution >= 4 is 26.1 Å². The zero-order valence-electron chi connectivity index (χ0n) is 12.9. The predicted octanol–water partition coefficient (Wildman–Crippen LogP) is -1.01. The molecular formula is C12H19N3O7S2. The van der Waals surface area contributed by atoms with Gasteiger partial charge in [0.25, 0.3) is 26.1 Å². The van der Waals surface area contributed by atoms with Crippen LogP contribution in [0, 0.1) is 6.92 Å². The number of carbonyl (C=O) groups is 1. The minimum Gasteiger partial charge on any atom is -0.350 e. The van der Waals surface area contributed by atoms with Gasteiger partial charge in [-0.2, -0.15) is 16.8 Å². The van der Waals surface area contributed by atoms with Crippen LogP contribution in [0.5, 0.6) is 0 Å². The number of nitrogens with zero attached hydrogens (tertiary/aromatic N) is 1. The molecule has 0 radical (unpaired) electrons. The highest BCUT2D eigenvalue weighted by molar-refractivity contribution is 7.86. The van der Waals surface area contributed by atoms with Crippen molar-refractivity contribution in [3.8, 4) is 0 Å². The number of nitrogens with one attached hydrogen (secondary N) is 2. The summed E-state index contributed by atoms with van der Waals surface area (Å²) in [6.45, 7) is 1.68. The number of carbonyl (C=O) groups excluding carboxylic acids is 1. The summed E-state index contributed by atoms with van der Waals surface area (Å²) in [5.74, 6) is -1.64. The molecule has 4 N–H and O–H groups in total. The van der Waals surface area contributed by atoms with E-state index in [0.29, 0.717) is 5.69 Å². The van der Waals surface area contributed by atoms with Gasteiger partial charge in [0, 0.05) is 19.6 Å². The third kappa shape index (κ3) is 8.88. The maximum Gasteiger partial charge on any atom is 0.269 e. The number of amides is 1. The smallest absolute Gasteiger partial charge is 0.269 e. The Labute approximate surface area is 140 Å². The van der Waals surface area contributed by atoms with Crippen LogP contribution >= 0.6 is 0 Å². The van der Waals surface area contributed by atoms with E-state index in [1.54, 1.807) is 13.0 Å². The number of hydrogen-bond donors (Lipinski definition) is 4. The van der Waals surface area contributed by atoms with Gasteiger partial charge in [0.15, 0.2) is 0 Å². The second-order valence-electron chi connectivity index (χ2n) is 5.03. The summed E-state index contributed by atoms with van der Waals surface area (Å²) in [6, 6.07) is 3.19. The van der Waals surface area contributed by atoms with Crippen LogP contribution in [0.3, 0.4) is 0 Å². The molecule has 0 aromatic carbocycles. The molecule has 1 heterocycles. The van der Waals surface area contributed by atoms with Crippen LogP contribution < -0.4 is 10.6 Å². The summed E-state index contributed by atoms with van der Waals surface area (Å²) in [5.41, 5.74) is 1.28. The van der Waals surface area contributed by atoms with Gasteiger partial charge in [0.1, 0.15) is 5.69 Å². The SMILES string of the molecule is Cc1cc(CNCCS(=O)(=O)O)nc(C(=O)NCCS(=O)(=O)O)c1. The fourth-order valence-electron chi connectivity index (χ4n) is 1.75. The molecule has 0 saturated carbocycles. The minimum absolute atomic E-state index is 0.0182. The average molecular weight is 381 g/mol. The van der Waals surface area contributed by atoms with Crippen molar-refractivity contribution in [2.45, 2.75) is 13.5 Å². The summed E-state index contributed by atoms with van der Waals surface area (Å²) in [6.07, 6.45) is 0. The van der Waals surface area contributed by atoms with Gasteiger partial charge in [-0.25, -0.2) is 4.98 Å². The molecule has 0 unspecified atom stereocenters. The van der Waals surface area contributed by atoms with Crippen molar-refractivity contribution in [2.75, 3.05) is 24.6 Å². The second kappa shape index (κ2) is 8.48. The lowest BCUT2D eigenvalue weighted by Crippen LogP contribution is -2.30. The molecule has 10 nitrogen and oxygen atoms in total. The molecule has 0 saturated heterocycles. The van der Waals surface area contributed by atoms with Crippen LogP contribution in [0.25, 0.3) is 0 Å². The van der Waals surface area contributed by atoms with Gasteiger partial charge in [-0.3, -0.25) is 13.9 Å². The Kier molecular flexibility index (Phi) is 7.23. The molecule has 0 fully saturated rings. The van der Waals surface area contributed by atoms with Crippen LogP contribution in [0.1, 0.15) is 21.7 Å². The van der Waals surface area contributed by atoms with E-state index in [4.69, 9.17) is 9.11 Å². The molecule has 1 amide bonds. The molecule has 0 spiro atoms. The first-order chi connectivity index (χ1) is 11.0. The molecule has 0 atom stereocenters. The molecule has 1 aromatic rings. The zero-order chi connectivity index (χ0) is 18.4. The third-order valence-corrected chi connectivity index (χ3v) is 4.18. The normalized spacial score (nSPS) is 12.1. The summed E-state index contributed by atoms with van der Waals surface area (Å²) < 4.78 is 59.6. The molecule has 0 bridgehead atoms. The van der Waals surface area contributed by atoms with Gasteiger partial charge in [0.05, 0.1) is 17.2 Å². The Morgan fingerprint density at radius 1 is 1.08 bits per heavy atom. The monoisotopic (exact) mass is 381 g/mol. The topological polar surface area (TPSA) is 163 Å². The maximum absolute atomic E-state index is 11.9. The predicted molar refractivity (Wildman–Crippen MR) is 85.8 cm³/mol. The van der Waals surface area contributed by atoms with Gasteiger partial charge in [-0.05, 0) is 24.6 Å². The summed E-state index contributed by atoms with van der Waals surface area (Å²) in [7, 11) is -8.21. The Morgan fingerprint density at radius 2 is 1.67 bits per heavy atom. The van der Waals surface area contributed by atoms with E-state index in [2.05, 4.69) is 15.6 Å². The molecule has 1 rings (SSSR count). The van der Waals surface area contributed by atoms with Crippen molar-refractivity contribution in [1.29, 1.82) is 0 Å². The van der Waals surface area contributed by atoms with Crippen LogP contribution in [0.15, 0.2) is 12.1 Å². The zero-order valence-corrected chi connectivity index (χ0v) is 14.5. The van der Waals surface area contributed by atoms with Crippen molar-refractivity contribution in [2.24, 2.45) is 0 Å². The fraction of sp³-hybridized carbons (Fsp3) is 0.500. The molecule has 24 heavy (non-hydrogen) atoms. The molecule has 0 aliphatic heterocycles. The van der Waals surface area contributed by atoms with Crippen LogP contribution in [-0.2, 0) is 26.8 Å². The van der Waals surface area contributed by atoms with Crippen LogP contribution in [0.2, 0.25) is 0 Å². The van der Waals surface area contributed by atoms with Crippen molar-refractivity contribution < 1.29 is 30.7 Å². The summed E-state index contributed by atoms with van der Waals surface area (Å²) >= 11 is 0. The van der Waals surface area contributed by atoms with Gasteiger partial charge >= 0.3 is 0 Å². The van der Waals surface area contributed by atoms with Crippen molar-refractivity contribution in [3.05, 3.63) is 29.1 Å². The van der Waals surface area contributed by atoms with E-state index in [1.165, 1.54) is 6.07 Å². The molecule has 0 aliphatic carbocycles. The highest BCUT2D eigenvalue weighted by Gasteiger charge is 2.11. The van der Waals surface area contributed by atoms with Crippen molar-refractivity contribution in [3.63, 3.8) is 0 Å². The van der Waals surface area contributed by atoms with Gasteiger partial charge < -0.3 is 10.6 Å². The van der Waals surface area contributed by atoms with Gasteiger partial charge in [-0.1, -0.05) is 0 Å². The Hall–Kier alpha value is -1.60. The second-order valence-corrected chi connectivity index (χ2v) is 8.17. The third-order valence-electron chi connectivity index (χ3n) is 2.74. The van der Waals surface area contributed by atoms with Crippen molar-refractivity contribution in [1.82, 2.24) is 15.6 Å². The van der Waals surface area contributed by atoms with E-state index >= 15 is 0 Å². The molecular weight excluding hydrogens is 362 g/mol. The lowest BCUT2D eigenvalue weighted by atomic mass is 10.2. The number of hydrogen-bond acceptors (Lipinski definition) is 7. The van der Waals surface area contributed by atoms with Gasteiger partial charge in [-0.15, -0.1) is 0 Å². The highest BCUT2D eigenvalue weighted by atomic mass is 32.2. The van der Waals surface area contributed by atoms with Crippen LogP contribution in [0.4, 0.5) is 0 Å². The molecule has 136 valence electrons. The number of pyridine rings is 1. The van der Waals surface area contributed by atoms with E-state index in [0.717, 1.165) is 5.56 Å². The van der Waals surface area contributed by atoms with E-state index < -0.39 is 37.6 Å². The molecule has 12 heteroatoms. The summed E-state index contributed by atoms with van der Waals surface area (Å²) in [5, 5.41) is 5.09. The lowest BCUT2D eigenvalue weighted by molar-refractivity contribution is 0.0950. The first-order valence-corrected chi connectivity index (χ1v) is 10.0. The largest absolute Gasteiger partial charge is 0.350 e. The van der Waals surface area contributed by atoms with E-state index in [9.17, 15) is 21.6 Å². The Balaban J connectivity index is 2.63. The van der Waals surface area contributed by atoms with Crippen LogP contribution in [-0.4, -0.2) is 61.4 Å². The summed E-state index contributed by atoms with van der Waals surface area (Å²) in [4.78, 5) is 16.0. The fourth-order valence-corrected chi connectivity index (χ4v) is 2.51. The molecule has 1 aromatic heterocycles. The number of aromatic nitrogens is 1. The molecule has 0 aliphatic rings. The maximum atomic E-state index is 11.9. The first-order valence-electron chi connectivity index (χ1n) is 6.83. The van der Waals surface area contributed by atoms with Gasteiger partial charge in [0.2, 0.25) is 0 Å².